The number of benzene rings is 4. The number of aromatic nitrogens is 2. The highest BCUT2D eigenvalue weighted by molar-refractivity contribution is 7.99. The van der Waals surface area contributed by atoms with Crippen molar-refractivity contribution in [2.75, 3.05) is 11.1 Å². The topological polar surface area (TPSA) is 64.0 Å². The number of hydrogen-bond acceptors (Lipinski definition) is 4. The highest BCUT2D eigenvalue weighted by Crippen LogP contribution is 2.25. The molecule has 5 nitrogen and oxygen atoms in total. The molecular weight excluding hydrogens is 502 g/mol. The summed E-state index contributed by atoms with van der Waals surface area (Å²) in [6.45, 7) is 1.91. The molecule has 1 aromatic heterocycles. The molecule has 0 aliphatic heterocycles. The van der Waals surface area contributed by atoms with Gasteiger partial charge in [0.25, 0.3) is 5.56 Å². The Morgan fingerprint density at radius 3 is 2.49 bits per heavy atom. The highest BCUT2D eigenvalue weighted by Gasteiger charge is 2.16. The molecule has 1 amide bonds. The lowest BCUT2D eigenvalue weighted by molar-refractivity contribution is -0.113. The van der Waals surface area contributed by atoms with Gasteiger partial charge in [-0.15, -0.1) is 0 Å². The van der Waals surface area contributed by atoms with E-state index in [2.05, 4.69) is 17.4 Å². The van der Waals surface area contributed by atoms with E-state index in [-0.39, 0.29) is 17.2 Å². The van der Waals surface area contributed by atoms with Gasteiger partial charge >= 0.3 is 0 Å². The van der Waals surface area contributed by atoms with Crippen LogP contribution < -0.4 is 10.9 Å². The van der Waals surface area contributed by atoms with Crippen LogP contribution in [0.5, 0.6) is 0 Å². The van der Waals surface area contributed by atoms with Crippen LogP contribution >= 0.6 is 23.4 Å². The van der Waals surface area contributed by atoms with E-state index in [1.165, 1.54) is 21.9 Å². The van der Waals surface area contributed by atoms with Gasteiger partial charge in [-0.25, -0.2) is 4.98 Å². The van der Waals surface area contributed by atoms with E-state index in [9.17, 15) is 9.59 Å². The molecule has 37 heavy (non-hydrogen) atoms. The van der Waals surface area contributed by atoms with Crippen LogP contribution in [0.1, 0.15) is 16.7 Å². The lowest BCUT2D eigenvalue weighted by Crippen LogP contribution is -2.23. The number of nitrogens with zero attached hydrogens (tertiary/aromatic N) is 2. The summed E-state index contributed by atoms with van der Waals surface area (Å²) in [6, 6.07) is 30.6. The van der Waals surface area contributed by atoms with Crippen molar-refractivity contribution < 1.29 is 4.79 Å². The van der Waals surface area contributed by atoms with Gasteiger partial charge in [-0.3, -0.25) is 14.2 Å². The number of para-hydroxylation sites is 2. The van der Waals surface area contributed by atoms with Crippen LogP contribution in [0.4, 0.5) is 5.69 Å². The molecule has 0 fully saturated rings. The number of aryl methyl sites for hydroxylation is 1. The molecule has 184 valence electrons. The normalized spacial score (nSPS) is 11.0. The van der Waals surface area contributed by atoms with E-state index in [1.54, 1.807) is 18.2 Å². The monoisotopic (exact) mass is 525 g/mol. The van der Waals surface area contributed by atoms with Crippen LogP contribution in [-0.4, -0.2) is 21.2 Å². The number of halogens is 1. The summed E-state index contributed by atoms with van der Waals surface area (Å²) in [5.41, 5.74) is 4.86. The standard InChI is InChI=1S/C30H24ClN3O2S/c1-20-15-16-23(18-25(20)31)34-29(36)24-12-6-8-14-27(24)33-30(34)37-19-28(35)32-26-13-7-5-11-22(26)17-21-9-3-2-4-10-21/h2-16,18H,17,19H2,1H3,(H,32,35). The Kier molecular flexibility index (Phi) is 7.40. The molecule has 0 aliphatic rings. The molecule has 0 aliphatic carbocycles. The fourth-order valence-electron chi connectivity index (χ4n) is 4.09. The van der Waals surface area contributed by atoms with Gasteiger partial charge in [0.1, 0.15) is 0 Å². The summed E-state index contributed by atoms with van der Waals surface area (Å²) in [5.74, 6) is -0.0919. The SMILES string of the molecule is Cc1ccc(-n2c(SCC(=O)Nc3ccccc3Cc3ccccc3)nc3ccccc3c2=O)cc1Cl. The van der Waals surface area contributed by atoms with Crippen molar-refractivity contribution in [1.82, 2.24) is 9.55 Å². The fraction of sp³-hybridized carbons (Fsp3) is 0.100. The summed E-state index contributed by atoms with van der Waals surface area (Å²) < 4.78 is 1.52. The average molecular weight is 526 g/mol. The molecule has 0 saturated heterocycles. The van der Waals surface area contributed by atoms with Crippen LogP contribution in [-0.2, 0) is 11.2 Å². The Labute approximate surface area is 224 Å². The molecule has 0 atom stereocenters. The zero-order valence-corrected chi connectivity index (χ0v) is 21.7. The van der Waals surface area contributed by atoms with Crippen molar-refractivity contribution in [3.8, 4) is 5.69 Å². The van der Waals surface area contributed by atoms with E-state index >= 15 is 0 Å². The molecule has 0 saturated carbocycles. The van der Waals surface area contributed by atoms with Crippen molar-refractivity contribution in [2.45, 2.75) is 18.5 Å². The van der Waals surface area contributed by atoms with Crippen LogP contribution in [0.3, 0.4) is 0 Å². The number of nitrogens with one attached hydrogen (secondary N) is 1. The maximum Gasteiger partial charge on any atom is 0.266 e. The van der Waals surface area contributed by atoms with E-state index in [0.29, 0.717) is 33.2 Å². The first-order valence-corrected chi connectivity index (χ1v) is 13.2. The molecule has 0 radical (unpaired) electrons. The number of rotatable bonds is 7. The smallest absolute Gasteiger partial charge is 0.266 e. The Balaban J connectivity index is 1.41. The van der Waals surface area contributed by atoms with Crippen molar-refractivity contribution in [3.05, 3.63) is 129 Å². The Bertz CT molecular complexity index is 1650. The number of amides is 1. The lowest BCUT2D eigenvalue weighted by atomic mass is 10.0. The van der Waals surface area contributed by atoms with Crippen LogP contribution in [0.25, 0.3) is 16.6 Å². The maximum atomic E-state index is 13.5. The van der Waals surface area contributed by atoms with Gasteiger partial charge in [0.2, 0.25) is 5.91 Å². The number of anilines is 1. The first-order valence-electron chi connectivity index (χ1n) is 11.8. The minimum Gasteiger partial charge on any atom is -0.325 e. The van der Waals surface area contributed by atoms with E-state index in [4.69, 9.17) is 16.6 Å². The third kappa shape index (κ3) is 5.61. The number of carbonyl (C=O) groups is 1. The van der Waals surface area contributed by atoms with Crippen molar-refractivity contribution in [3.63, 3.8) is 0 Å². The molecular formula is C30H24ClN3O2S. The molecule has 0 unspecified atom stereocenters. The van der Waals surface area contributed by atoms with Gasteiger partial charge in [0.15, 0.2) is 5.16 Å². The van der Waals surface area contributed by atoms with Gasteiger partial charge < -0.3 is 5.32 Å². The molecule has 5 rings (SSSR count). The molecule has 1 N–H and O–H groups in total. The van der Waals surface area contributed by atoms with Crippen molar-refractivity contribution in [1.29, 1.82) is 0 Å². The Hall–Kier alpha value is -3.87. The van der Waals surface area contributed by atoms with Gasteiger partial charge in [-0.1, -0.05) is 90.1 Å². The second-order valence-electron chi connectivity index (χ2n) is 8.64. The van der Waals surface area contributed by atoms with Gasteiger partial charge in [-0.05, 0) is 60.4 Å². The van der Waals surface area contributed by atoms with Gasteiger partial charge in [0, 0.05) is 10.7 Å². The van der Waals surface area contributed by atoms with Gasteiger partial charge in [0.05, 0.1) is 22.3 Å². The lowest BCUT2D eigenvalue weighted by Gasteiger charge is -2.15. The van der Waals surface area contributed by atoms with Gasteiger partial charge in [-0.2, -0.15) is 0 Å². The second kappa shape index (κ2) is 11.0. The average Bonchev–Trinajstić information content (AvgIpc) is 2.91. The fourth-order valence-corrected chi connectivity index (χ4v) is 5.07. The summed E-state index contributed by atoms with van der Waals surface area (Å²) in [5, 5.41) is 4.52. The number of hydrogen-bond donors (Lipinski definition) is 1. The summed E-state index contributed by atoms with van der Waals surface area (Å²) in [4.78, 5) is 31.2. The number of carbonyl (C=O) groups excluding carboxylic acids is 1. The Morgan fingerprint density at radius 1 is 0.946 bits per heavy atom. The summed E-state index contributed by atoms with van der Waals surface area (Å²) in [7, 11) is 0. The number of fused-ring (bicyclic) bond motifs is 1. The van der Waals surface area contributed by atoms with E-state index in [0.717, 1.165) is 16.8 Å². The van der Waals surface area contributed by atoms with Crippen LogP contribution in [0.2, 0.25) is 5.02 Å². The predicted molar refractivity (Wildman–Crippen MR) is 152 cm³/mol. The zero-order chi connectivity index (χ0) is 25.8. The molecule has 1 heterocycles. The minimum atomic E-state index is -0.207. The second-order valence-corrected chi connectivity index (χ2v) is 9.99. The van der Waals surface area contributed by atoms with E-state index in [1.807, 2.05) is 73.7 Å². The third-order valence-corrected chi connectivity index (χ3v) is 7.37. The first kappa shape index (κ1) is 24.8. The molecule has 7 heteroatoms. The van der Waals surface area contributed by atoms with Crippen molar-refractivity contribution >= 4 is 45.9 Å². The first-order chi connectivity index (χ1) is 18.0. The van der Waals surface area contributed by atoms with Crippen LogP contribution in [0, 0.1) is 6.92 Å². The zero-order valence-electron chi connectivity index (χ0n) is 20.1. The minimum absolute atomic E-state index is 0.0873. The van der Waals surface area contributed by atoms with E-state index < -0.39 is 0 Å². The highest BCUT2D eigenvalue weighted by atomic mass is 35.5. The third-order valence-electron chi connectivity index (χ3n) is 6.02. The van der Waals surface area contributed by atoms with Crippen LogP contribution in [0.15, 0.2) is 107 Å². The van der Waals surface area contributed by atoms with Crippen molar-refractivity contribution in [2.24, 2.45) is 0 Å². The summed E-state index contributed by atoms with van der Waals surface area (Å²) >= 11 is 7.59. The molecule has 0 spiro atoms. The largest absolute Gasteiger partial charge is 0.325 e. The molecule has 5 aromatic rings. The summed E-state index contributed by atoms with van der Waals surface area (Å²) in [6.07, 6.45) is 0.713. The Morgan fingerprint density at radius 2 is 1.68 bits per heavy atom. The number of thioether (sulfide) groups is 1. The molecule has 4 aromatic carbocycles. The maximum absolute atomic E-state index is 13.5. The predicted octanol–water partition coefficient (Wildman–Crippen LogP) is 6.67. The molecule has 0 bridgehead atoms. The quantitative estimate of drug-likeness (QED) is 0.190.